The van der Waals surface area contributed by atoms with Gasteiger partial charge in [0.15, 0.2) is 9.84 Å². The lowest BCUT2D eigenvalue weighted by atomic mass is 10.3. The topological polar surface area (TPSA) is 69.4 Å². The number of ether oxygens (including phenoxy) is 1. The Labute approximate surface area is 94.0 Å². The first kappa shape index (κ1) is 11.9. The van der Waals surface area contributed by atoms with Crippen molar-refractivity contribution >= 4 is 27.0 Å². The van der Waals surface area contributed by atoms with Gasteiger partial charge in [-0.1, -0.05) is 12.2 Å². The summed E-state index contributed by atoms with van der Waals surface area (Å²) in [4.78, 5) is 0.507. The molecule has 0 aromatic heterocycles. The number of hydrogen-bond donors (Lipinski definition) is 1. The van der Waals surface area contributed by atoms with Gasteiger partial charge in [0.2, 0.25) is 0 Å². The summed E-state index contributed by atoms with van der Waals surface area (Å²) in [5, 5.41) is 0. The third kappa shape index (κ3) is 3.85. The van der Waals surface area contributed by atoms with Crippen molar-refractivity contribution in [3.63, 3.8) is 0 Å². The third-order valence-corrected chi connectivity index (χ3v) is 2.88. The Morgan fingerprint density at radius 1 is 1.40 bits per heavy atom. The van der Waals surface area contributed by atoms with E-state index in [9.17, 15) is 8.42 Å². The van der Waals surface area contributed by atoms with E-state index in [2.05, 4.69) is 12.2 Å². The molecule has 0 unspecified atom stereocenters. The van der Waals surface area contributed by atoms with E-state index in [0.717, 1.165) is 6.26 Å². The second kappa shape index (κ2) is 4.59. The highest BCUT2D eigenvalue weighted by Gasteiger charge is 2.06. The van der Waals surface area contributed by atoms with Gasteiger partial charge in [-0.3, -0.25) is 0 Å². The second-order valence-electron chi connectivity index (χ2n) is 3.00. The summed E-state index contributed by atoms with van der Waals surface area (Å²) in [6.07, 6.45) is 1.15. The number of hydrogen-bond acceptors (Lipinski definition) is 4. The van der Waals surface area contributed by atoms with Crippen LogP contribution in [0.15, 0.2) is 29.2 Å². The molecule has 6 heteroatoms. The van der Waals surface area contributed by atoms with E-state index in [4.69, 9.17) is 10.5 Å². The Bertz CT molecular complexity index is 451. The Balaban J connectivity index is 2.77. The predicted molar refractivity (Wildman–Crippen MR) is 61.8 cm³/mol. The highest BCUT2D eigenvalue weighted by Crippen LogP contribution is 2.15. The van der Waals surface area contributed by atoms with Crippen LogP contribution < -0.4 is 10.5 Å². The molecule has 0 saturated heterocycles. The minimum Gasteiger partial charge on any atom is -0.487 e. The van der Waals surface area contributed by atoms with Crippen LogP contribution >= 0.6 is 12.2 Å². The smallest absolute Gasteiger partial charge is 0.175 e. The van der Waals surface area contributed by atoms with Crippen LogP contribution in [0, 0.1) is 0 Å². The van der Waals surface area contributed by atoms with E-state index >= 15 is 0 Å². The molecule has 0 spiro atoms. The summed E-state index contributed by atoms with van der Waals surface area (Å²) in [6, 6.07) is 6.08. The van der Waals surface area contributed by atoms with Crippen molar-refractivity contribution in [1.82, 2.24) is 0 Å². The maximum atomic E-state index is 11.1. The molecule has 0 radical (unpaired) electrons. The average molecular weight is 245 g/mol. The molecule has 82 valence electrons. The van der Waals surface area contributed by atoms with E-state index in [1.54, 1.807) is 12.1 Å². The first-order valence-electron chi connectivity index (χ1n) is 4.11. The zero-order chi connectivity index (χ0) is 11.5. The van der Waals surface area contributed by atoms with Crippen LogP contribution in [0.3, 0.4) is 0 Å². The summed E-state index contributed by atoms with van der Waals surface area (Å²) < 4.78 is 27.4. The highest BCUT2D eigenvalue weighted by molar-refractivity contribution is 7.90. The van der Waals surface area contributed by atoms with Gasteiger partial charge in [-0.05, 0) is 24.3 Å². The molecule has 0 aliphatic carbocycles. The van der Waals surface area contributed by atoms with Crippen LogP contribution in [0.4, 0.5) is 0 Å². The molecule has 1 aromatic rings. The largest absolute Gasteiger partial charge is 0.487 e. The standard InChI is InChI=1S/C9H11NO3S2/c1-15(11,12)8-4-2-7(3-5-8)13-6-9(10)14/h2-5H,6H2,1H3,(H2,10,14). The minimum absolute atomic E-state index is 0.146. The van der Waals surface area contributed by atoms with Gasteiger partial charge in [0.1, 0.15) is 17.3 Å². The zero-order valence-corrected chi connectivity index (χ0v) is 9.77. The molecule has 4 nitrogen and oxygen atoms in total. The summed E-state index contributed by atoms with van der Waals surface area (Å²) in [7, 11) is -3.16. The number of nitrogens with two attached hydrogens (primary N) is 1. The fourth-order valence-electron chi connectivity index (χ4n) is 0.938. The molecule has 0 aliphatic rings. The van der Waals surface area contributed by atoms with Gasteiger partial charge in [0, 0.05) is 6.26 Å². The fourth-order valence-corrected chi connectivity index (χ4v) is 1.63. The van der Waals surface area contributed by atoms with Crippen LogP contribution in [-0.4, -0.2) is 26.3 Å². The monoisotopic (exact) mass is 245 g/mol. The van der Waals surface area contributed by atoms with Gasteiger partial charge in [-0.15, -0.1) is 0 Å². The van der Waals surface area contributed by atoms with Crippen molar-refractivity contribution in [1.29, 1.82) is 0 Å². The summed E-state index contributed by atoms with van der Waals surface area (Å²) in [6.45, 7) is 0.146. The molecule has 0 bridgehead atoms. The van der Waals surface area contributed by atoms with Crippen molar-refractivity contribution in [3.8, 4) is 5.75 Å². The SMILES string of the molecule is CS(=O)(=O)c1ccc(OCC(N)=S)cc1. The second-order valence-corrected chi connectivity index (χ2v) is 5.54. The molecular formula is C9H11NO3S2. The lowest BCUT2D eigenvalue weighted by Gasteiger charge is -2.05. The molecule has 2 N–H and O–H groups in total. The number of benzene rings is 1. The third-order valence-electron chi connectivity index (χ3n) is 1.63. The molecular weight excluding hydrogens is 234 g/mol. The van der Waals surface area contributed by atoms with Crippen molar-refractivity contribution in [3.05, 3.63) is 24.3 Å². The highest BCUT2D eigenvalue weighted by atomic mass is 32.2. The maximum Gasteiger partial charge on any atom is 0.175 e. The van der Waals surface area contributed by atoms with Crippen molar-refractivity contribution < 1.29 is 13.2 Å². The number of thiocarbonyl (C=S) groups is 1. The van der Waals surface area contributed by atoms with Crippen molar-refractivity contribution in [2.75, 3.05) is 12.9 Å². The summed E-state index contributed by atoms with van der Waals surface area (Å²) >= 11 is 4.64. The van der Waals surface area contributed by atoms with E-state index in [1.165, 1.54) is 12.1 Å². The number of rotatable bonds is 4. The fraction of sp³-hybridized carbons (Fsp3) is 0.222. The first-order valence-corrected chi connectivity index (χ1v) is 6.41. The van der Waals surface area contributed by atoms with Gasteiger partial charge in [0.25, 0.3) is 0 Å². The van der Waals surface area contributed by atoms with Gasteiger partial charge in [0.05, 0.1) is 4.90 Å². The van der Waals surface area contributed by atoms with Crippen LogP contribution in [0.2, 0.25) is 0 Å². The summed E-state index contributed by atoms with van der Waals surface area (Å²) in [5.74, 6) is 0.537. The average Bonchev–Trinajstić information content (AvgIpc) is 2.14. The molecule has 0 aliphatic heterocycles. The van der Waals surface area contributed by atoms with E-state index in [1.807, 2.05) is 0 Å². The normalized spacial score (nSPS) is 11.0. The van der Waals surface area contributed by atoms with Gasteiger partial charge >= 0.3 is 0 Å². The van der Waals surface area contributed by atoms with E-state index in [-0.39, 0.29) is 16.5 Å². The lowest BCUT2D eigenvalue weighted by molar-refractivity contribution is 0.377. The molecule has 15 heavy (non-hydrogen) atoms. The van der Waals surface area contributed by atoms with Crippen molar-refractivity contribution in [2.45, 2.75) is 4.90 Å². The maximum absolute atomic E-state index is 11.1. The Hall–Kier alpha value is -1.14. The zero-order valence-electron chi connectivity index (χ0n) is 8.14. The first-order chi connectivity index (χ1) is 6.89. The van der Waals surface area contributed by atoms with Gasteiger partial charge in [-0.25, -0.2) is 8.42 Å². The molecule has 1 rings (SSSR count). The molecule has 0 heterocycles. The quantitative estimate of drug-likeness (QED) is 0.793. The van der Waals surface area contributed by atoms with E-state index < -0.39 is 9.84 Å². The molecule has 1 aromatic carbocycles. The van der Waals surface area contributed by atoms with Gasteiger partial charge in [-0.2, -0.15) is 0 Å². The number of sulfone groups is 1. The van der Waals surface area contributed by atoms with Crippen LogP contribution in [0.5, 0.6) is 5.75 Å². The van der Waals surface area contributed by atoms with Crippen molar-refractivity contribution in [2.24, 2.45) is 5.73 Å². The molecule has 0 amide bonds. The van der Waals surface area contributed by atoms with Gasteiger partial charge < -0.3 is 10.5 Å². The molecule has 0 atom stereocenters. The lowest BCUT2D eigenvalue weighted by Crippen LogP contribution is -2.17. The molecule has 0 fully saturated rings. The van der Waals surface area contributed by atoms with Crippen LogP contribution in [0.25, 0.3) is 0 Å². The van der Waals surface area contributed by atoms with Crippen LogP contribution in [-0.2, 0) is 9.84 Å². The Morgan fingerprint density at radius 2 is 1.93 bits per heavy atom. The Morgan fingerprint density at radius 3 is 2.33 bits per heavy atom. The predicted octanol–water partition coefficient (Wildman–Crippen LogP) is 0.755. The molecule has 0 saturated carbocycles. The summed E-state index contributed by atoms with van der Waals surface area (Å²) in [5.41, 5.74) is 5.25. The minimum atomic E-state index is -3.16. The Kier molecular flexibility index (Phi) is 3.65. The van der Waals surface area contributed by atoms with Crippen LogP contribution in [0.1, 0.15) is 0 Å². The van der Waals surface area contributed by atoms with E-state index in [0.29, 0.717) is 5.75 Å².